The fourth-order valence-electron chi connectivity index (χ4n) is 0.954. The Morgan fingerprint density at radius 1 is 1.12 bits per heavy atom. The van der Waals surface area contributed by atoms with Gasteiger partial charge < -0.3 is 0 Å². The molecule has 0 bridgehead atoms. The van der Waals surface area contributed by atoms with Crippen molar-refractivity contribution >= 4 is 21.7 Å². The zero-order chi connectivity index (χ0) is 6.57. The van der Waals surface area contributed by atoms with Crippen molar-refractivity contribution < 1.29 is 0 Å². The van der Waals surface area contributed by atoms with E-state index >= 15 is 0 Å². The van der Waals surface area contributed by atoms with Gasteiger partial charge in [0.15, 0.2) is 0 Å². The second-order valence-electron chi connectivity index (χ2n) is 2.31. The van der Waals surface area contributed by atoms with Gasteiger partial charge in [-0.15, -0.1) is 0 Å². The molecular weight excluding hydrogens is 201 g/mol. The van der Waals surface area contributed by atoms with Crippen LogP contribution in [0, 0.1) is 0 Å². The Kier molecular flexibility index (Phi) is 5.17. The summed E-state index contributed by atoms with van der Waals surface area (Å²) in [5.74, 6) is 0. The molecular formula is C6H16InN. The minimum absolute atomic E-state index is 1.05. The van der Waals surface area contributed by atoms with Crippen molar-refractivity contribution in [3.63, 3.8) is 0 Å². The third-order valence-electron chi connectivity index (χ3n) is 1.54. The molecule has 0 unspecified atom stereocenters. The van der Waals surface area contributed by atoms with Crippen LogP contribution in [-0.4, -0.2) is 37.7 Å². The SMILES string of the molecule is CC[N](CC)[In]([CH3])[CH3]. The summed E-state index contributed by atoms with van der Waals surface area (Å²) in [5, 5.41) is 0. The maximum absolute atomic E-state index is 2.63. The van der Waals surface area contributed by atoms with Crippen LogP contribution in [0.2, 0.25) is 9.36 Å². The summed E-state index contributed by atoms with van der Waals surface area (Å²) in [4.78, 5) is 0. The van der Waals surface area contributed by atoms with E-state index in [-0.39, 0.29) is 0 Å². The first kappa shape index (κ1) is 8.83. The Hall–Kier alpha value is 0.830. The molecule has 0 rings (SSSR count). The number of hydrogen-bond donors (Lipinski definition) is 0. The molecule has 1 nitrogen and oxygen atoms in total. The standard InChI is InChI=1S/C4H10N.2CH3.In/c1-3-5-4-2;;;/h3-4H2,1-2H3;2*1H3;/q-1;;;+1. The van der Waals surface area contributed by atoms with Crippen molar-refractivity contribution in [1.82, 2.24) is 2.89 Å². The Bertz CT molecular complexity index is 50.5. The molecule has 0 saturated heterocycles. The molecule has 0 atom stereocenters. The van der Waals surface area contributed by atoms with Gasteiger partial charge in [0, 0.05) is 0 Å². The quantitative estimate of drug-likeness (QED) is 0.693. The van der Waals surface area contributed by atoms with Crippen LogP contribution in [0.25, 0.3) is 0 Å². The summed E-state index contributed by atoms with van der Waals surface area (Å²) in [6.45, 7) is 7.04. The molecule has 0 aromatic carbocycles. The first-order valence-corrected chi connectivity index (χ1v) is 11.5. The Labute approximate surface area is 61.0 Å². The molecule has 48 valence electrons. The Morgan fingerprint density at radius 2 is 1.50 bits per heavy atom. The normalized spacial score (nSPS) is 10.1. The molecule has 0 fully saturated rings. The molecule has 0 amide bonds. The van der Waals surface area contributed by atoms with Gasteiger partial charge in [-0.1, -0.05) is 0 Å². The van der Waals surface area contributed by atoms with Crippen LogP contribution in [0.4, 0.5) is 0 Å². The molecule has 2 heteroatoms. The van der Waals surface area contributed by atoms with Crippen LogP contribution in [-0.2, 0) is 0 Å². The first-order chi connectivity index (χ1) is 3.72. The second-order valence-corrected chi connectivity index (χ2v) is 10.6. The van der Waals surface area contributed by atoms with Crippen LogP contribution in [0.15, 0.2) is 0 Å². The molecule has 0 aliphatic carbocycles. The minimum atomic E-state index is -1.05. The van der Waals surface area contributed by atoms with Gasteiger partial charge in [0.05, 0.1) is 0 Å². The van der Waals surface area contributed by atoms with Crippen LogP contribution in [0.1, 0.15) is 13.8 Å². The van der Waals surface area contributed by atoms with E-state index in [1.165, 1.54) is 13.1 Å². The fraction of sp³-hybridized carbons (Fsp3) is 1.00. The Morgan fingerprint density at radius 3 is 1.50 bits per heavy atom. The maximum atomic E-state index is 2.63. The van der Waals surface area contributed by atoms with Gasteiger partial charge in [-0.2, -0.15) is 0 Å². The van der Waals surface area contributed by atoms with E-state index in [1.54, 1.807) is 0 Å². The van der Waals surface area contributed by atoms with E-state index < -0.39 is 21.7 Å². The van der Waals surface area contributed by atoms with E-state index in [2.05, 4.69) is 26.1 Å². The second kappa shape index (κ2) is 4.68. The molecule has 0 aromatic heterocycles. The predicted molar refractivity (Wildman–Crippen MR) is 40.4 cm³/mol. The molecule has 0 radical (unpaired) electrons. The fourth-order valence-corrected chi connectivity index (χ4v) is 5.12. The molecule has 0 aliphatic rings. The van der Waals surface area contributed by atoms with E-state index in [1.807, 2.05) is 0 Å². The molecule has 0 N–H and O–H groups in total. The van der Waals surface area contributed by atoms with Gasteiger partial charge >= 0.3 is 60.9 Å². The first-order valence-electron chi connectivity index (χ1n) is 3.46. The predicted octanol–water partition coefficient (Wildman–Crippen LogP) is 1.58. The van der Waals surface area contributed by atoms with Crippen molar-refractivity contribution in [3.05, 3.63) is 0 Å². The van der Waals surface area contributed by atoms with Crippen LogP contribution in [0.3, 0.4) is 0 Å². The van der Waals surface area contributed by atoms with Crippen molar-refractivity contribution in [2.45, 2.75) is 23.2 Å². The van der Waals surface area contributed by atoms with Gasteiger partial charge in [-0.05, 0) is 0 Å². The van der Waals surface area contributed by atoms with Crippen molar-refractivity contribution in [2.75, 3.05) is 13.1 Å². The average Bonchev–Trinajstić information content (AvgIpc) is 1.69. The molecule has 0 spiro atoms. The van der Waals surface area contributed by atoms with E-state index in [0.717, 1.165) is 0 Å². The molecule has 0 aliphatic heterocycles. The summed E-state index contributed by atoms with van der Waals surface area (Å²) in [6.07, 6.45) is 0. The summed E-state index contributed by atoms with van der Waals surface area (Å²) >= 11 is -1.05. The van der Waals surface area contributed by atoms with E-state index in [9.17, 15) is 0 Å². The zero-order valence-corrected chi connectivity index (χ0v) is 9.73. The van der Waals surface area contributed by atoms with Crippen LogP contribution in [0.5, 0.6) is 0 Å². The topological polar surface area (TPSA) is 3.24 Å². The molecule has 0 aromatic rings. The third kappa shape index (κ3) is 2.98. The summed E-state index contributed by atoms with van der Waals surface area (Å²) in [6, 6.07) is 0. The molecule has 0 heterocycles. The number of rotatable bonds is 3. The number of hydrogen-bond acceptors (Lipinski definition) is 1. The summed E-state index contributed by atoms with van der Waals surface area (Å²) in [7, 11) is 0. The third-order valence-corrected chi connectivity index (χ3v) is 7.80. The van der Waals surface area contributed by atoms with Gasteiger partial charge in [0.1, 0.15) is 0 Å². The van der Waals surface area contributed by atoms with Gasteiger partial charge in [-0.25, -0.2) is 0 Å². The van der Waals surface area contributed by atoms with Crippen LogP contribution < -0.4 is 0 Å². The van der Waals surface area contributed by atoms with Gasteiger partial charge in [-0.3, -0.25) is 0 Å². The van der Waals surface area contributed by atoms with Crippen molar-refractivity contribution in [2.24, 2.45) is 0 Å². The molecule has 0 saturated carbocycles. The zero-order valence-electron chi connectivity index (χ0n) is 6.44. The summed E-state index contributed by atoms with van der Waals surface area (Å²) in [5.41, 5.74) is 0. The van der Waals surface area contributed by atoms with E-state index in [0.29, 0.717) is 0 Å². The van der Waals surface area contributed by atoms with Gasteiger partial charge in [0.2, 0.25) is 0 Å². The number of nitrogens with zero attached hydrogens (tertiary/aromatic N) is 1. The van der Waals surface area contributed by atoms with Gasteiger partial charge in [0.25, 0.3) is 0 Å². The van der Waals surface area contributed by atoms with E-state index in [4.69, 9.17) is 0 Å². The Balaban J connectivity index is 3.35. The monoisotopic (exact) mass is 217 g/mol. The average molecular weight is 217 g/mol. The molecule has 8 heavy (non-hydrogen) atoms. The summed E-state index contributed by atoms with van der Waals surface area (Å²) < 4.78 is 7.51. The van der Waals surface area contributed by atoms with Crippen LogP contribution >= 0.6 is 0 Å². The van der Waals surface area contributed by atoms with Crippen molar-refractivity contribution in [3.8, 4) is 0 Å². The van der Waals surface area contributed by atoms with Crippen molar-refractivity contribution in [1.29, 1.82) is 0 Å².